The normalized spacial score (nSPS) is 19.8. The number of hydrogen-bond donors (Lipinski definition) is 0. The van der Waals surface area contributed by atoms with Gasteiger partial charge in [0, 0.05) is 13.1 Å². The fraction of sp³-hybridized carbons (Fsp3) is 1.00. The van der Waals surface area contributed by atoms with Gasteiger partial charge in [-0.2, -0.15) is 21.5 Å². The third-order valence-electron chi connectivity index (χ3n) is 2.44. The first-order chi connectivity index (χ1) is 8.49. The monoisotopic (exact) mass is 315 g/mol. The van der Waals surface area contributed by atoms with Crippen molar-refractivity contribution in [3.63, 3.8) is 0 Å². The van der Waals surface area contributed by atoms with Crippen molar-refractivity contribution in [1.82, 2.24) is 4.31 Å². The molecule has 116 valence electrons. The number of nitrogens with zero attached hydrogens (tertiary/aromatic N) is 1. The lowest BCUT2D eigenvalue weighted by molar-refractivity contribution is -0.165. The van der Waals surface area contributed by atoms with E-state index in [9.17, 15) is 34.3 Å². The van der Waals surface area contributed by atoms with Gasteiger partial charge in [-0.3, -0.25) is 0 Å². The van der Waals surface area contributed by atoms with Crippen LogP contribution in [0.15, 0.2) is 0 Å². The van der Waals surface area contributed by atoms with Crippen molar-refractivity contribution in [2.24, 2.45) is 0 Å². The Hall–Kier alpha value is -0.510. The summed E-state index contributed by atoms with van der Waals surface area (Å²) in [6, 6.07) is 0. The van der Waals surface area contributed by atoms with E-state index in [4.69, 9.17) is 0 Å². The molecule has 0 spiro atoms. The van der Waals surface area contributed by atoms with Crippen molar-refractivity contribution < 1.29 is 34.3 Å². The van der Waals surface area contributed by atoms with Crippen LogP contribution in [0.1, 0.15) is 26.2 Å². The topological polar surface area (TPSA) is 37.4 Å². The summed E-state index contributed by atoms with van der Waals surface area (Å²) in [5, 5.41) is 0. The molecule has 1 fully saturated rings. The molecule has 3 nitrogen and oxygen atoms in total. The highest BCUT2D eigenvalue weighted by molar-refractivity contribution is 7.83. The van der Waals surface area contributed by atoms with Crippen molar-refractivity contribution >= 4 is 10.4 Å². The van der Waals surface area contributed by atoms with Crippen LogP contribution in [-0.4, -0.2) is 44.3 Å². The average Bonchev–Trinajstić information content (AvgIpc) is 2.29. The van der Waals surface area contributed by atoms with Crippen LogP contribution in [0.3, 0.4) is 0 Å². The molecule has 1 unspecified atom stereocenters. The Kier molecular flexibility index (Phi) is 7.12. The van der Waals surface area contributed by atoms with Gasteiger partial charge in [0.2, 0.25) is 0 Å². The summed E-state index contributed by atoms with van der Waals surface area (Å²) in [6.07, 6.45) is -4.15. The summed E-state index contributed by atoms with van der Waals surface area (Å²) in [4.78, 5) is 0. The molecule has 1 atom stereocenters. The summed E-state index contributed by atoms with van der Waals surface area (Å²) in [5.41, 5.74) is 0. The second-order valence-corrected chi connectivity index (χ2v) is 5.33. The molecule has 1 saturated heterocycles. The maximum atomic E-state index is 12.2. The molecule has 0 bridgehead atoms. The highest BCUT2D eigenvalue weighted by Gasteiger charge is 2.46. The predicted octanol–water partition coefficient (Wildman–Crippen LogP) is 2.93. The van der Waals surface area contributed by atoms with Crippen LogP contribution < -0.4 is 0 Å². The smallest absolute Gasteiger partial charge is 0.241 e. The Morgan fingerprint density at radius 1 is 1.05 bits per heavy atom. The number of hydrogen-bond acceptors (Lipinski definition) is 2. The molecule has 1 aliphatic rings. The van der Waals surface area contributed by atoms with Gasteiger partial charge in [-0.05, 0) is 19.8 Å². The minimum Gasteiger partial charge on any atom is -0.241 e. The minimum atomic E-state index is -4.50. The molecule has 10 heteroatoms. The minimum absolute atomic E-state index is 0.346. The summed E-state index contributed by atoms with van der Waals surface area (Å²) in [5.74, 6) is -4.50. The second-order valence-electron chi connectivity index (χ2n) is 3.99. The van der Waals surface area contributed by atoms with E-state index in [1.165, 1.54) is 0 Å². The number of piperidine rings is 1. The first kappa shape index (κ1) is 18.5. The molecule has 0 aromatic rings. The lowest BCUT2D eigenvalue weighted by Gasteiger charge is -2.21. The molecule has 1 aliphatic heterocycles. The molecule has 0 radical (unpaired) electrons. The Morgan fingerprint density at radius 3 is 1.63 bits per heavy atom. The van der Waals surface area contributed by atoms with E-state index in [0.717, 1.165) is 23.6 Å². The quantitative estimate of drug-likeness (QED) is 0.593. The summed E-state index contributed by atoms with van der Waals surface area (Å²) in [7, 11) is -4.39. The van der Waals surface area contributed by atoms with Gasteiger partial charge in [0.15, 0.2) is 6.17 Å². The Morgan fingerprint density at radius 2 is 1.47 bits per heavy atom. The van der Waals surface area contributed by atoms with Crippen LogP contribution in [0.4, 0.5) is 25.8 Å². The zero-order valence-corrected chi connectivity index (χ0v) is 10.9. The van der Waals surface area contributed by atoms with Crippen LogP contribution in [0.2, 0.25) is 0 Å². The Bertz CT molecular complexity index is 344. The van der Waals surface area contributed by atoms with Gasteiger partial charge in [-0.25, -0.2) is 13.2 Å². The molecule has 1 heterocycles. The van der Waals surface area contributed by atoms with Gasteiger partial charge >= 0.3 is 22.8 Å². The largest absolute Gasteiger partial charge is 0.374 e. The number of rotatable bonds is 3. The summed E-state index contributed by atoms with van der Waals surface area (Å²) in [6.45, 7) is 1.09. The lowest BCUT2D eigenvalue weighted by atomic mass is 10.2. The van der Waals surface area contributed by atoms with Crippen LogP contribution >= 0.6 is 0 Å². The summed E-state index contributed by atoms with van der Waals surface area (Å²) >= 11 is 0. The highest BCUT2D eigenvalue weighted by Crippen LogP contribution is 2.28. The lowest BCUT2D eigenvalue weighted by Crippen LogP contribution is -2.35. The van der Waals surface area contributed by atoms with E-state index in [0.29, 0.717) is 20.0 Å². The molecule has 19 heavy (non-hydrogen) atoms. The average molecular weight is 315 g/mol. The molecule has 0 aromatic heterocycles. The van der Waals surface area contributed by atoms with Crippen molar-refractivity contribution in [2.45, 2.75) is 44.7 Å². The molecule has 1 rings (SSSR count). The van der Waals surface area contributed by atoms with Crippen molar-refractivity contribution in [1.29, 1.82) is 0 Å². The van der Waals surface area contributed by atoms with E-state index in [-0.39, 0.29) is 0 Å². The van der Waals surface area contributed by atoms with Gasteiger partial charge in [0.05, 0.1) is 0 Å². The molecule has 0 amide bonds. The zero-order chi connectivity index (χ0) is 15.3. The Balaban J connectivity index is 0.000000344. The van der Waals surface area contributed by atoms with Crippen molar-refractivity contribution in [2.75, 3.05) is 13.1 Å². The van der Waals surface area contributed by atoms with Crippen LogP contribution in [0.25, 0.3) is 0 Å². The second kappa shape index (κ2) is 7.32. The SMILES string of the molecule is CC(F)C(F)(F)C(F)F.O=S(=O)(F)N1CCCCC1. The Labute approximate surface area is 107 Å². The van der Waals surface area contributed by atoms with Gasteiger partial charge in [-0.1, -0.05) is 10.3 Å². The molecule has 0 N–H and O–H groups in total. The standard InChI is InChI=1S/C5H10FNO2S.C4H5F5/c6-10(8,9)7-4-2-1-3-5-7;1-2(5)4(8,9)3(6)7/h1-5H2;2-3H,1H3. The maximum absolute atomic E-state index is 12.2. The van der Waals surface area contributed by atoms with E-state index in [1.807, 2.05) is 0 Å². The molecular formula is C9H15F6NO2S. The maximum Gasteiger partial charge on any atom is 0.374 e. The van der Waals surface area contributed by atoms with Gasteiger partial charge in [-0.15, -0.1) is 0 Å². The van der Waals surface area contributed by atoms with Gasteiger partial charge in [0.25, 0.3) is 0 Å². The third-order valence-corrected chi connectivity index (χ3v) is 3.43. The first-order valence-corrected chi connectivity index (χ1v) is 6.83. The fourth-order valence-corrected chi connectivity index (χ4v) is 1.95. The zero-order valence-electron chi connectivity index (χ0n) is 10.1. The highest BCUT2D eigenvalue weighted by atomic mass is 32.3. The van der Waals surface area contributed by atoms with Crippen LogP contribution in [-0.2, 0) is 10.4 Å². The molecule has 0 saturated carbocycles. The van der Waals surface area contributed by atoms with Crippen molar-refractivity contribution in [3.05, 3.63) is 0 Å². The molecule has 0 aliphatic carbocycles. The van der Waals surface area contributed by atoms with Crippen LogP contribution in [0.5, 0.6) is 0 Å². The van der Waals surface area contributed by atoms with Gasteiger partial charge in [0.1, 0.15) is 0 Å². The van der Waals surface area contributed by atoms with E-state index in [2.05, 4.69) is 0 Å². The van der Waals surface area contributed by atoms with Gasteiger partial charge < -0.3 is 0 Å². The number of halogens is 6. The van der Waals surface area contributed by atoms with Crippen LogP contribution in [0, 0.1) is 0 Å². The fourth-order valence-electron chi connectivity index (χ4n) is 1.26. The third kappa shape index (κ3) is 6.46. The van der Waals surface area contributed by atoms with E-state index in [1.54, 1.807) is 0 Å². The number of alkyl halides is 5. The summed E-state index contributed by atoms with van der Waals surface area (Å²) < 4.78 is 90.3. The van der Waals surface area contributed by atoms with E-state index < -0.39 is 28.9 Å². The molecular weight excluding hydrogens is 300 g/mol. The van der Waals surface area contributed by atoms with Crippen molar-refractivity contribution in [3.8, 4) is 0 Å². The predicted molar refractivity (Wildman–Crippen MR) is 57.0 cm³/mol. The van der Waals surface area contributed by atoms with E-state index >= 15 is 0 Å². The first-order valence-electron chi connectivity index (χ1n) is 5.49. The molecule has 0 aromatic carbocycles.